The number of nitrogens with two attached hydrogens (primary N) is 1. The van der Waals surface area contributed by atoms with Crippen molar-refractivity contribution in [2.24, 2.45) is 5.73 Å². The maximum Gasteiger partial charge on any atom is 0.251 e. The molecule has 1 unspecified atom stereocenters. The Bertz CT molecular complexity index is 410. The van der Waals surface area contributed by atoms with Gasteiger partial charge in [0.25, 0.3) is 5.91 Å². The van der Waals surface area contributed by atoms with Crippen LogP contribution < -0.4 is 11.1 Å². The first kappa shape index (κ1) is 18.2. The Kier molecular flexibility index (Phi) is 8.81. The number of rotatable bonds is 6. The molecule has 0 radical (unpaired) electrons. The number of amides is 1. The number of hydrogen-bond acceptors (Lipinski definition) is 2. The van der Waals surface area contributed by atoms with Crippen LogP contribution in [0.2, 0.25) is 5.02 Å². The molecule has 1 atom stereocenters. The van der Waals surface area contributed by atoms with Gasteiger partial charge in [-0.15, -0.1) is 12.4 Å². The van der Waals surface area contributed by atoms with Crippen LogP contribution in [0.25, 0.3) is 0 Å². The van der Waals surface area contributed by atoms with E-state index in [1.165, 1.54) is 0 Å². The molecular weight excluding hydrogens is 283 g/mol. The highest BCUT2D eigenvalue weighted by Crippen LogP contribution is 2.16. The van der Waals surface area contributed by atoms with Crippen molar-refractivity contribution in [1.82, 2.24) is 5.32 Å². The van der Waals surface area contributed by atoms with Crippen molar-refractivity contribution >= 4 is 29.9 Å². The van der Waals surface area contributed by atoms with E-state index in [0.29, 0.717) is 17.1 Å². The van der Waals surface area contributed by atoms with Gasteiger partial charge in [-0.3, -0.25) is 4.79 Å². The van der Waals surface area contributed by atoms with Crippen molar-refractivity contribution in [2.45, 2.75) is 39.2 Å². The number of nitrogens with one attached hydrogen (secondary N) is 1. The number of hydrogen-bond donors (Lipinski definition) is 2. The summed E-state index contributed by atoms with van der Waals surface area (Å²) >= 11 is 5.94. The minimum absolute atomic E-state index is 0. The highest BCUT2D eigenvalue weighted by atomic mass is 35.5. The first-order chi connectivity index (χ1) is 8.58. The smallest absolute Gasteiger partial charge is 0.251 e. The van der Waals surface area contributed by atoms with E-state index in [0.717, 1.165) is 24.8 Å². The molecule has 1 amide bonds. The zero-order valence-corrected chi connectivity index (χ0v) is 13.0. The van der Waals surface area contributed by atoms with Gasteiger partial charge in [-0.1, -0.05) is 31.4 Å². The summed E-state index contributed by atoms with van der Waals surface area (Å²) in [6, 6.07) is 5.33. The Balaban J connectivity index is 0.00000324. The topological polar surface area (TPSA) is 55.1 Å². The van der Waals surface area contributed by atoms with E-state index in [4.69, 9.17) is 17.3 Å². The normalized spacial score (nSPS) is 11.6. The second kappa shape index (κ2) is 9.18. The lowest BCUT2D eigenvalue weighted by atomic mass is 10.1. The Morgan fingerprint density at radius 3 is 2.68 bits per heavy atom. The first-order valence-corrected chi connectivity index (χ1v) is 6.73. The molecule has 0 spiro atoms. The van der Waals surface area contributed by atoms with Crippen molar-refractivity contribution in [3.63, 3.8) is 0 Å². The van der Waals surface area contributed by atoms with E-state index < -0.39 is 0 Å². The maximum atomic E-state index is 12.0. The molecule has 0 fully saturated rings. The van der Waals surface area contributed by atoms with Crippen LogP contribution in [0.4, 0.5) is 0 Å². The first-order valence-electron chi connectivity index (χ1n) is 6.35. The Hall–Kier alpha value is -0.770. The molecule has 1 aromatic carbocycles. The number of aryl methyl sites for hydroxylation is 1. The van der Waals surface area contributed by atoms with Crippen LogP contribution >= 0.6 is 24.0 Å². The zero-order chi connectivity index (χ0) is 13.5. The van der Waals surface area contributed by atoms with Crippen LogP contribution in [0.5, 0.6) is 0 Å². The average Bonchev–Trinajstić information content (AvgIpc) is 2.37. The summed E-state index contributed by atoms with van der Waals surface area (Å²) in [6.45, 7) is 4.48. The van der Waals surface area contributed by atoms with Gasteiger partial charge in [0.05, 0.1) is 0 Å². The third-order valence-electron chi connectivity index (χ3n) is 2.95. The zero-order valence-electron chi connectivity index (χ0n) is 11.4. The summed E-state index contributed by atoms with van der Waals surface area (Å²) in [5.74, 6) is -0.0821. The SMILES string of the molecule is CCCCC(CN)NC(=O)c1ccc(Cl)c(C)c1.Cl. The largest absolute Gasteiger partial charge is 0.348 e. The van der Waals surface area contributed by atoms with E-state index in [9.17, 15) is 4.79 Å². The summed E-state index contributed by atoms with van der Waals surface area (Å²) in [5.41, 5.74) is 7.19. The van der Waals surface area contributed by atoms with E-state index in [2.05, 4.69) is 12.2 Å². The minimum atomic E-state index is -0.0821. The quantitative estimate of drug-likeness (QED) is 0.847. The number of carbonyl (C=O) groups excluding carboxylic acids is 1. The van der Waals surface area contributed by atoms with Gasteiger partial charge < -0.3 is 11.1 Å². The molecule has 0 saturated heterocycles. The van der Waals surface area contributed by atoms with Gasteiger partial charge in [-0.2, -0.15) is 0 Å². The third-order valence-corrected chi connectivity index (χ3v) is 3.37. The molecule has 0 heterocycles. The van der Waals surface area contributed by atoms with Crippen LogP contribution in [0.3, 0.4) is 0 Å². The van der Waals surface area contributed by atoms with E-state index in [1.807, 2.05) is 6.92 Å². The molecule has 3 N–H and O–H groups in total. The highest BCUT2D eigenvalue weighted by Gasteiger charge is 2.12. The summed E-state index contributed by atoms with van der Waals surface area (Å²) in [7, 11) is 0. The van der Waals surface area contributed by atoms with Crippen molar-refractivity contribution in [3.05, 3.63) is 34.3 Å². The standard InChI is InChI=1S/C14H21ClN2O.ClH/c1-3-4-5-12(9-16)17-14(18)11-6-7-13(15)10(2)8-11;/h6-8,12H,3-5,9,16H2,1-2H3,(H,17,18);1H. The summed E-state index contributed by atoms with van der Waals surface area (Å²) in [6.07, 6.45) is 3.10. The molecule has 19 heavy (non-hydrogen) atoms. The molecule has 5 heteroatoms. The van der Waals surface area contributed by atoms with Gasteiger partial charge in [0.2, 0.25) is 0 Å². The van der Waals surface area contributed by atoms with Gasteiger partial charge in [0.1, 0.15) is 0 Å². The molecule has 3 nitrogen and oxygen atoms in total. The maximum absolute atomic E-state index is 12.0. The average molecular weight is 305 g/mol. The van der Waals surface area contributed by atoms with Crippen LogP contribution in [0.1, 0.15) is 42.1 Å². The van der Waals surface area contributed by atoms with Crippen molar-refractivity contribution < 1.29 is 4.79 Å². The molecule has 1 rings (SSSR count). The summed E-state index contributed by atoms with van der Waals surface area (Å²) in [4.78, 5) is 12.0. The Labute approximate surface area is 126 Å². The van der Waals surface area contributed by atoms with Gasteiger partial charge >= 0.3 is 0 Å². The fourth-order valence-corrected chi connectivity index (χ4v) is 1.87. The number of unbranched alkanes of at least 4 members (excludes halogenated alkanes) is 1. The molecule has 0 aliphatic rings. The molecule has 0 bridgehead atoms. The Morgan fingerprint density at radius 1 is 1.47 bits per heavy atom. The second-order valence-electron chi connectivity index (χ2n) is 4.51. The number of halogens is 2. The van der Waals surface area contributed by atoms with E-state index >= 15 is 0 Å². The van der Waals surface area contributed by atoms with Crippen molar-refractivity contribution in [2.75, 3.05) is 6.54 Å². The highest BCUT2D eigenvalue weighted by molar-refractivity contribution is 6.31. The molecule has 1 aromatic rings. The van der Waals surface area contributed by atoms with Crippen molar-refractivity contribution in [1.29, 1.82) is 0 Å². The van der Waals surface area contributed by atoms with E-state index in [-0.39, 0.29) is 24.4 Å². The van der Waals surface area contributed by atoms with Crippen molar-refractivity contribution in [3.8, 4) is 0 Å². The summed E-state index contributed by atoms with van der Waals surface area (Å²) in [5, 5.41) is 3.63. The number of benzene rings is 1. The minimum Gasteiger partial charge on any atom is -0.348 e. The van der Waals surface area contributed by atoms with Gasteiger partial charge in [0, 0.05) is 23.2 Å². The number of carbonyl (C=O) groups is 1. The van der Waals surface area contributed by atoms with Crippen LogP contribution in [0.15, 0.2) is 18.2 Å². The Morgan fingerprint density at radius 2 is 2.16 bits per heavy atom. The lowest BCUT2D eigenvalue weighted by Gasteiger charge is -2.16. The van der Waals surface area contributed by atoms with Crippen LogP contribution in [-0.4, -0.2) is 18.5 Å². The molecule has 0 aliphatic carbocycles. The molecule has 0 saturated carbocycles. The molecule has 0 aromatic heterocycles. The fourth-order valence-electron chi connectivity index (χ4n) is 1.75. The van der Waals surface area contributed by atoms with Gasteiger partial charge in [-0.25, -0.2) is 0 Å². The monoisotopic (exact) mass is 304 g/mol. The second-order valence-corrected chi connectivity index (χ2v) is 4.92. The molecular formula is C14H22Cl2N2O. The summed E-state index contributed by atoms with van der Waals surface area (Å²) < 4.78 is 0. The third kappa shape index (κ3) is 5.81. The predicted molar refractivity (Wildman–Crippen MR) is 83.3 cm³/mol. The lowest BCUT2D eigenvalue weighted by Crippen LogP contribution is -2.40. The molecule has 0 aliphatic heterocycles. The molecule has 108 valence electrons. The fraction of sp³-hybridized carbons (Fsp3) is 0.500. The van der Waals surface area contributed by atoms with Crippen LogP contribution in [0, 0.1) is 6.92 Å². The van der Waals surface area contributed by atoms with Gasteiger partial charge in [-0.05, 0) is 37.1 Å². The predicted octanol–water partition coefficient (Wildman–Crippen LogP) is 3.32. The van der Waals surface area contributed by atoms with Crippen LogP contribution in [-0.2, 0) is 0 Å². The van der Waals surface area contributed by atoms with Gasteiger partial charge in [0.15, 0.2) is 0 Å². The lowest BCUT2D eigenvalue weighted by molar-refractivity contribution is 0.0935. The van der Waals surface area contributed by atoms with E-state index in [1.54, 1.807) is 18.2 Å².